The molecule has 0 saturated heterocycles. The van der Waals surface area contributed by atoms with E-state index in [0.717, 1.165) is 15.7 Å². The monoisotopic (exact) mass is 248 g/mol. The molecule has 0 atom stereocenters. The summed E-state index contributed by atoms with van der Waals surface area (Å²) < 4.78 is 0.925. The van der Waals surface area contributed by atoms with Crippen molar-refractivity contribution >= 4 is 15.9 Å². The largest absolute Gasteiger partial charge is 0.244 e. The van der Waals surface area contributed by atoms with E-state index in [1.165, 1.54) is 5.56 Å². The van der Waals surface area contributed by atoms with E-state index in [1.54, 1.807) is 12.5 Å². The first-order chi connectivity index (χ1) is 6.79. The van der Waals surface area contributed by atoms with Crippen LogP contribution in [0, 0.1) is 6.92 Å². The van der Waals surface area contributed by atoms with E-state index in [0.29, 0.717) is 0 Å². The number of halogens is 1. The van der Waals surface area contributed by atoms with Crippen LogP contribution >= 0.6 is 15.9 Å². The third kappa shape index (κ3) is 1.68. The number of benzene rings is 1. The second-order valence-electron chi connectivity index (χ2n) is 3.03. The summed E-state index contributed by atoms with van der Waals surface area (Å²) >= 11 is 3.44. The van der Waals surface area contributed by atoms with Crippen LogP contribution in [0.4, 0.5) is 0 Å². The second kappa shape index (κ2) is 3.88. The molecule has 2 rings (SSSR count). The van der Waals surface area contributed by atoms with E-state index in [4.69, 9.17) is 0 Å². The lowest BCUT2D eigenvalue weighted by molar-refractivity contribution is 1.15. The molecule has 1 heterocycles. The minimum absolute atomic E-state index is 0.925. The maximum absolute atomic E-state index is 4.25. The number of aromatic nitrogens is 2. The average molecular weight is 249 g/mol. The van der Waals surface area contributed by atoms with Gasteiger partial charge in [-0.2, -0.15) is 0 Å². The van der Waals surface area contributed by atoms with E-state index in [1.807, 2.05) is 12.1 Å². The first-order valence-electron chi connectivity index (χ1n) is 4.30. The van der Waals surface area contributed by atoms with E-state index in [9.17, 15) is 0 Å². The molecular weight excluding hydrogens is 240 g/mol. The summed E-state index contributed by atoms with van der Waals surface area (Å²) in [6.45, 7) is 2.07. The van der Waals surface area contributed by atoms with Crippen LogP contribution in [0.15, 0.2) is 41.3 Å². The molecule has 0 unspecified atom stereocenters. The van der Waals surface area contributed by atoms with Crippen molar-refractivity contribution in [1.29, 1.82) is 0 Å². The second-order valence-corrected chi connectivity index (χ2v) is 3.89. The Morgan fingerprint density at radius 1 is 1.21 bits per heavy atom. The molecule has 2 nitrogen and oxygen atoms in total. The van der Waals surface area contributed by atoms with Crippen LogP contribution in [-0.2, 0) is 0 Å². The quantitative estimate of drug-likeness (QED) is 0.775. The Morgan fingerprint density at radius 3 is 2.71 bits per heavy atom. The SMILES string of the molecule is Cc1ccccc1-c1ncncc1Br. The molecule has 0 amide bonds. The highest BCUT2D eigenvalue weighted by Crippen LogP contribution is 2.26. The predicted molar refractivity (Wildman–Crippen MR) is 59.9 cm³/mol. The van der Waals surface area contributed by atoms with Crippen LogP contribution in [0.2, 0.25) is 0 Å². The Labute approximate surface area is 91.2 Å². The minimum atomic E-state index is 0.925. The standard InChI is InChI=1S/C11H9BrN2/c1-8-4-2-3-5-9(8)11-10(12)6-13-7-14-11/h2-7H,1H3. The zero-order valence-corrected chi connectivity index (χ0v) is 9.32. The lowest BCUT2D eigenvalue weighted by Gasteiger charge is -2.05. The van der Waals surface area contributed by atoms with Crippen molar-refractivity contribution in [1.82, 2.24) is 9.97 Å². The summed E-state index contributed by atoms with van der Waals surface area (Å²) in [4.78, 5) is 8.19. The predicted octanol–water partition coefficient (Wildman–Crippen LogP) is 3.21. The van der Waals surface area contributed by atoms with Crippen LogP contribution in [0.3, 0.4) is 0 Å². The number of hydrogen-bond acceptors (Lipinski definition) is 2. The summed E-state index contributed by atoms with van der Waals surface area (Å²) in [5, 5.41) is 0. The summed E-state index contributed by atoms with van der Waals surface area (Å²) in [5.41, 5.74) is 3.30. The summed E-state index contributed by atoms with van der Waals surface area (Å²) in [6.07, 6.45) is 3.32. The van der Waals surface area contributed by atoms with Gasteiger partial charge in [0.15, 0.2) is 0 Å². The minimum Gasteiger partial charge on any atom is -0.244 e. The van der Waals surface area contributed by atoms with Gasteiger partial charge in [0.2, 0.25) is 0 Å². The highest BCUT2D eigenvalue weighted by atomic mass is 79.9. The van der Waals surface area contributed by atoms with Crippen LogP contribution in [0.1, 0.15) is 5.56 Å². The van der Waals surface area contributed by atoms with Gasteiger partial charge >= 0.3 is 0 Å². The summed E-state index contributed by atoms with van der Waals surface area (Å²) in [7, 11) is 0. The third-order valence-corrected chi connectivity index (χ3v) is 2.65. The van der Waals surface area contributed by atoms with Gasteiger partial charge in [-0.25, -0.2) is 9.97 Å². The normalized spacial score (nSPS) is 10.1. The maximum atomic E-state index is 4.25. The lowest BCUT2D eigenvalue weighted by atomic mass is 10.1. The van der Waals surface area contributed by atoms with Gasteiger partial charge in [0.1, 0.15) is 6.33 Å². The van der Waals surface area contributed by atoms with Crippen LogP contribution in [-0.4, -0.2) is 9.97 Å². The van der Waals surface area contributed by atoms with Crippen molar-refractivity contribution in [3.05, 3.63) is 46.8 Å². The maximum Gasteiger partial charge on any atom is 0.116 e. The molecule has 0 spiro atoms. The summed E-state index contributed by atoms with van der Waals surface area (Å²) in [5.74, 6) is 0. The highest BCUT2D eigenvalue weighted by Gasteiger charge is 2.05. The fourth-order valence-electron chi connectivity index (χ4n) is 1.35. The van der Waals surface area contributed by atoms with Gasteiger partial charge in [-0.1, -0.05) is 24.3 Å². The van der Waals surface area contributed by atoms with Crippen LogP contribution in [0.5, 0.6) is 0 Å². The molecule has 0 N–H and O–H groups in total. The van der Waals surface area contributed by atoms with Crippen molar-refractivity contribution in [2.24, 2.45) is 0 Å². The van der Waals surface area contributed by atoms with Gasteiger partial charge in [-0.15, -0.1) is 0 Å². The molecule has 0 aliphatic carbocycles. The van der Waals surface area contributed by atoms with Crippen molar-refractivity contribution in [2.75, 3.05) is 0 Å². The Kier molecular flexibility index (Phi) is 2.59. The number of nitrogens with zero attached hydrogens (tertiary/aromatic N) is 2. The van der Waals surface area contributed by atoms with E-state index >= 15 is 0 Å². The fourth-order valence-corrected chi connectivity index (χ4v) is 1.78. The Morgan fingerprint density at radius 2 is 2.00 bits per heavy atom. The molecule has 0 bridgehead atoms. The zero-order valence-electron chi connectivity index (χ0n) is 7.74. The van der Waals surface area contributed by atoms with Crippen LogP contribution in [0.25, 0.3) is 11.3 Å². The third-order valence-electron chi connectivity index (χ3n) is 2.07. The van der Waals surface area contributed by atoms with Gasteiger partial charge in [0.25, 0.3) is 0 Å². The number of hydrogen-bond donors (Lipinski definition) is 0. The molecule has 0 aliphatic rings. The number of aryl methyl sites for hydroxylation is 1. The Hall–Kier alpha value is -1.22. The molecule has 70 valence electrons. The zero-order chi connectivity index (χ0) is 9.97. The Balaban J connectivity index is 2.61. The molecular formula is C11H9BrN2. The molecule has 0 fully saturated rings. The van der Waals surface area contributed by atoms with Crippen molar-refractivity contribution in [2.45, 2.75) is 6.92 Å². The van der Waals surface area contributed by atoms with Crippen LogP contribution < -0.4 is 0 Å². The van der Waals surface area contributed by atoms with Gasteiger partial charge in [0, 0.05) is 11.8 Å². The average Bonchev–Trinajstić information content (AvgIpc) is 2.20. The first-order valence-corrected chi connectivity index (χ1v) is 5.10. The van der Waals surface area contributed by atoms with Gasteiger partial charge in [0.05, 0.1) is 10.2 Å². The molecule has 1 aromatic carbocycles. The van der Waals surface area contributed by atoms with E-state index in [2.05, 4.69) is 45.0 Å². The van der Waals surface area contributed by atoms with Crippen molar-refractivity contribution in [3.8, 4) is 11.3 Å². The smallest absolute Gasteiger partial charge is 0.116 e. The topological polar surface area (TPSA) is 25.8 Å². The fraction of sp³-hybridized carbons (Fsp3) is 0.0909. The molecule has 1 aromatic heterocycles. The molecule has 0 aliphatic heterocycles. The van der Waals surface area contributed by atoms with Gasteiger partial charge in [-0.05, 0) is 28.4 Å². The van der Waals surface area contributed by atoms with Gasteiger partial charge in [-0.3, -0.25) is 0 Å². The van der Waals surface area contributed by atoms with Gasteiger partial charge < -0.3 is 0 Å². The molecule has 0 saturated carbocycles. The Bertz CT molecular complexity index is 411. The molecule has 2 aromatic rings. The molecule has 0 radical (unpaired) electrons. The van der Waals surface area contributed by atoms with E-state index in [-0.39, 0.29) is 0 Å². The molecule has 3 heteroatoms. The molecule has 14 heavy (non-hydrogen) atoms. The first kappa shape index (κ1) is 9.34. The lowest BCUT2D eigenvalue weighted by Crippen LogP contribution is -1.88. The highest BCUT2D eigenvalue weighted by molar-refractivity contribution is 9.10. The van der Waals surface area contributed by atoms with E-state index < -0.39 is 0 Å². The van der Waals surface area contributed by atoms with Crippen molar-refractivity contribution in [3.63, 3.8) is 0 Å². The summed E-state index contributed by atoms with van der Waals surface area (Å²) in [6, 6.07) is 8.16. The van der Waals surface area contributed by atoms with Crippen molar-refractivity contribution < 1.29 is 0 Å². The number of rotatable bonds is 1.